The molecular weight excluding hydrogens is 246 g/mol. The first kappa shape index (κ1) is 13.8. The van der Waals surface area contributed by atoms with E-state index < -0.39 is 5.41 Å². The summed E-state index contributed by atoms with van der Waals surface area (Å²) in [6.45, 7) is 7.48. The maximum absolute atomic E-state index is 11.9. The minimum absolute atomic E-state index is 0.312. The first-order valence-corrected chi connectivity index (χ1v) is 6.82. The van der Waals surface area contributed by atoms with E-state index >= 15 is 0 Å². The van der Waals surface area contributed by atoms with Crippen molar-refractivity contribution < 1.29 is 14.1 Å². The van der Waals surface area contributed by atoms with Gasteiger partial charge in [-0.1, -0.05) is 0 Å². The first-order chi connectivity index (χ1) is 9.05. The molecule has 0 amide bonds. The van der Waals surface area contributed by atoms with Gasteiger partial charge in [-0.2, -0.15) is 4.98 Å². The highest BCUT2D eigenvalue weighted by atomic mass is 16.5. The molecule has 0 unspecified atom stereocenters. The van der Waals surface area contributed by atoms with Crippen LogP contribution in [0.2, 0.25) is 0 Å². The lowest BCUT2D eigenvalue weighted by molar-refractivity contribution is -0.149. The third-order valence-corrected chi connectivity index (χ3v) is 3.37. The summed E-state index contributed by atoms with van der Waals surface area (Å²) in [6.07, 6.45) is 3.53. The van der Waals surface area contributed by atoms with Gasteiger partial charge in [0.1, 0.15) is 5.41 Å². The van der Waals surface area contributed by atoms with E-state index in [0.29, 0.717) is 18.4 Å². The topological polar surface area (TPSA) is 68.5 Å². The second-order valence-corrected chi connectivity index (χ2v) is 5.29. The quantitative estimate of drug-likeness (QED) is 0.776. The van der Waals surface area contributed by atoms with E-state index in [0.717, 1.165) is 25.9 Å². The number of nitrogens with zero attached hydrogens (tertiary/aromatic N) is 3. The second kappa shape index (κ2) is 5.59. The van der Waals surface area contributed by atoms with Gasteiger partial charge in [-0.15, -0.1) is 0 Å². The number of aromatic nitrogens is 2. The molecule has 6 heteroatoms. The van der Waals surface area contributed by atoms with E-state index in [9.17, 15) is 4.79 Å². The van der Waals surface area contributed by atoms with Crippen molar-refractivity contribution in [1.82, 2.24) is 10.1 Å². The Morgan fingerprint density at radius 1 is 1.37 bits per heavy atom. The molecule has 1 aliphatic rings. The third-order valence-electron chi connectivity index (χ3n) is 3.37. The van der Waals surface area contributed by atoms with E-state index in [4.69, 9.17) is 9.26 Å². The SMILES string of the molecule is CCOC(=O)C(C)(C)c1nc(N2CCCCC2)no1. The minimum atomic E-state index is -0.906. The maximum atomic E-state index is 11.9. The zero-order chi connectivity index (χ0) is 13.9. The van der Waals surface area contributed by atoms with Crippen LogP contribution in [0.25, 0.3) is 0 Å². The Labute approximate surface area is 113 Å². The first-order valence-electron chi connectivity index (χ1n) is 6.82. The molecule has 1 aliphatic heterocycles. The lowest BCUT2D eigenvalue weighted by Gasteiger charge is -2.24. The molecule has 6 nitrogen and oxygen atoms in total. The Hall–Kier alpha value is -1.59. The van der Waals surface area contributed by atoms with E-state index in [-0.39, 0.29) is 5.97 Å². The van der Waals surface area contributed by atoms with Gasteiger partial charge in [0.25, 0.3) is 5.95 Å². The molecule has 0 bridgehead atoms. The van der Waals surface area contributed by atoms with Crippen LogP contribution < -0.4 is 4.90 Å². The Kier molecular flexibility index (Phi) is 4.07. The average Bonchev–Trinajstić information content (AvgIpc) is 2.90. The number of carbonyl (C=O) groups is 1. The Morgan fingerprint density at radius 2 is 2.05 bits per heavy atom. The zero-order valence-electron chi connectivity index (χ0n) is 11.8. The van der Waals surface area contributed by atoms with Crippen molar-refractivity contribution in [2.75, 3.05) is 24.6 Å². The molecule has 19 heavy (non-hydrogen) atoms. The molecule has 106 valence electrons. The van der Waals surface area contributed by atoms with Crippen LogP contribution in [-0.4, -0.2) is 35.8 Å². The monoisotopic (exact) mass is 267 g/mol. The molecule has 1 aromatic heterocycles. The van der Waals surface area contributed by atoms with Crippen LogP contribution in [0, 0.1) is 0 Å². The fourth-order valence-electron chi connectivity index (χ4n) is 2.09. The van der Waals surface area contributed by atoms with Gasteiger partial charge in [-0.05, 0) is 45.2 Å². The number of esters is 1. The van der Waals surface area contributed by atoms with Gasteiger partial charge < -0.3 is 14.2 Å². The zero-order valence-corrected chi connectivity index (χ0v) is 11.8. The van der Waals surface area contributed by atoms with Crippen LogP contribution in [0.15, 0.2) is 4.52 Å². The van der Waals surface area contributed by atoms with E-state index in [1.165, 1.54) is 6.42 Å². The molecule has 0 spiro atoms. The maximum Gasteiger partial charge on any atom is 0.321 e. The van der Waals surface area contributed by atoms with Gasteiger partial charge in [-0.25, -0.2) is 0 Å². The molecule has 0 radical (unpaired) electrons. The Bertz CT molecular complexity index is 436. The largest absolute Gasteiger partial charge is 0.465 e. The van der Waals surface area contributed by atoms with Gasteiger partial charge in [0, 0.05) is 13.1 Å². The molecule has 0 aliphatic carbocycles. The van der Waals surface area contributed by atoms with Gasteiger partial charge >= 0.3 is 5.97 Å². The smallest absolute Gasteiger partial charge is 0.321 e. The van der Waals surface area contributed by atoms with Crippen molar-refractivity contribution in [2.24, 2.45) is 0 Å². The van der Waals surface area contributed by atoms with Crippen molar-refractivity contribution in [2.45, 2.75) is 45.4 Å². The molecule has 1 saturated heterocycles. The summed E-state index contributed by atoms with van der Waals surface area (Å²) < 4.78 is 10.3. The van der Waals surface area contributed by atoms with Crippen LogP contribution in [0.4, 0.5) is 5.95 Å². The van der Waals surface area contributed by atoms with Gasteiger partial charge in [0.2, 0.25) is 5.89 Å². The Balaban J connectivity index is 2.13. The number of rotatable bonds is 4. The summed E-state index contributed by atoms with van der Waals surface area (Å²) in [5.41, 5.74) is -0.906. The summed E-state index contributed by atoms with van der Waals surface area (Å²) >= 11 is 0. The summed E-state index contributed by atoms with van der Waals surface area (Å²) in [5, 5.41) is 3.98. The van der Waals surface area contributed by atoms with Crippen molar-refractivity contribution in [3.63, 3.8) is 0 Å². The molecular formula is C13H21N3O3. The highest BCUT2D eigenvalue weighted by Crippen LogP contribution is 2.26. The van der Waals surface area contributed by atoms with Crippen LogP contribution in [0.3, 0.4) is 0 Å². The summed E-state index contributed by atoms with van der Waals surface area (Å²) in [6, 6.07) is 0. The molecule has 2 rings (SSSR count). The number of ether oxygens (including phenoxy) is 1. The predicted octanol–water partition coefficient (Wildman–Crippen LogP) is 1.90. The van der Waals surface area contributed by atoms with Gasteiger partial charge in [0.15, 0.2) is 0 Å². The van der Waals surface area contributed by atoms with E-state index in [2.05, 4.69) is 15.0 Å². The van der Waals surface area contributed by atoms with Crippen molar-refractivity contribution in [1.29, 1.82) is 0 Å². The van der Waals surface area contributed by atoms with Crippen LogP contribution in [0.1, 0.15) is 45.9 Å². The summed E-state index contributed by atoms with van der Waals surface area (Å²) in [5.74, 6) is 0.544. The average molecular weight is 267 g/mol. The molecule has 1 aromatic rings. The second-order valence-electron chi connectivity index (χ2n) is 5.29. The van der Waals surface area contributed by atoms with E-state index in [1.54, 1.807) is 20.8 Å². The highest BCUT2D eigenvalue weighted by molar-refractivity contribution is 5.80. The molecule has 0 N–H and O–H groups in total. The summed E-state index contributed by atoms with van der Waals surface area (Å²) in [7, 11) is 0. The molecule has 2 heterocycles. The van der Waals surface area contributed by atoms with Crippen LogP contribution in [-0.2, 0) is 14.9 Å². The molecule has 0 aromatic carbocycles. The molecule has 1 fully saturated rings. The van der Waals surface area contributed by atoms with Crippen molar-refractivity contribution in [3.8, 4) is 0 Å². The third kappa shape index (κ3) is 2.88. The Morgan fingerprint density at radius 3 is 2.68 bits per heavy atom. The number of carbonyl (C=O) groups excluding carboxylic acids is 1. The van der Waals surface area contributed by atoms with Crippen LogP contribution >= 0.6 is 0 Å². The number of hydrogen-bond donors (Lipinski definition) is 0. The van der Waals surface area contributed by atoms with Crippen LogP contribution in [0.5, 0.6) is 0 Å². The highest BCUT2D eigenvalue weighted by Gasteiger charge is 2.38. The van der Waals surface area contributed by atoms with Gasteiger partial charge in [-0.3, -0.25) is 4.79 Å². The number of piperidine rings is 1. The molecule has 0 saturated carbocycles. The molecule has 0 atom stereocenters. The number of anilines is 1. The fraction of sp³-hybridized carbons (Fsp3) is 0.769. The van der Waals surface area contributed by atoms with Gasteiger partial charge in [0.05, 0.1) is 6.61 Å². The van der Waals surface area contributed by atoms with E-state index in [1.807, 2.05) is 0 Å². The standard InChI is InChI=1S/C13H21N3O3/c1-4-18-11(17)13(2,3)10-14-12(15-19-10)16-8-6-5-7-9-16/h4-9H2,1-3H3. The normalized spacial score (nSPS) is 16.5. The predicted molar refractivity (Wildman–Crippen MR) is 70.0 cm³/mol. The van der Waals surface area contributed by atoms with Crippen molar-refractivity contribution in [3.05, 3.63) is 5.89 Å². The fourth-order valence-corrected chi connectivity index (χ4v) is 2.09. The lowest BCUT2D eigenvalue weighted by atomic mass is 9.94. The summed E-state index contributed by atoms with van der Waals surface area (Å²) in [4.78, 5) is 18.3. The number of hydrogen-bond acceptors (Lipinski definition) is 6. The minimum Gasteiger partial charge on any atom is -0.465 e. The lowest BCUT2D eigenvalue weighted by Crippen LogP contribution is -2.32. The van der Waals surface area contributed by atoms with Crippen molar-refractivity contribution >= 4 is 11.9 Å².